The minimum atomic E-state index is 1.09. The number of hydrogen-bond acceptors (Lipinski definition) is 2. The van der Waals surface area contributed by atoms with Crippen LogP contribution in [-0.2, 0) is 0 Å². The lowest BCUT2D eigenvalue weighted by atomic mass is 9.91. The van der Waals surface area contributed by atoms with Gasteiger partial charge in [-0.25, -0.2) is 0 Å². The number of nitrogens with zero attached hydrogens (tertiary/aromatic N) is 1. The van der Waals surface area contributed by atoms with E-state index >= 15 is 0 Å². The van der Waals surface area contributed by atoms with E-state index in [0.717, 1.165) is 17.1 Å². The van der Waals surface area contributed by atoms with Crippen LogP contribution in [0.2, 0.25) is 0 Å². The Labute approximate surface area is 400 Å². The average Bonchev–Trinajstić information content (AvgIpc) is 3.83. The van der Waals surface area contributed by atoms with Gasteiger partial charge in [-0.05, 0) is 125 Å². The normalized spacial score (nSPS) is 11.5. The van der Waals surface area contributed by atoms with Gasteiger partial charge in [-0.3, -0.25) is 0 Å². The lowest BCUT2D eigenvalue weighted by molar-refractivity contribution is 1.28. The van der Waals surface area contributed by atoms with Crippen molar-refractivity contribution < 1.29 is 0 Å². The highest BCUT2D eigenvalue weighted by atomic mass is 32.1. The van der Waals surface area contributed by atoms with E-state index in [9.17, 15) is 0 Å². The van der Waals surface area contributed by atoms with Crippen LogP contribution in [-0.4, -0.2) is 0 Å². The maximum Gasteiger partial charge on any atom is 0.0467 e. The van der Waals surface area contributed by atoms with Crippen LogP contribution in [0, 0.1) is 0 Å². The average molecular weight is 882 g/mol. The molecule has 68 heavy (non-hydrogen) atoms. The maximum atomic E-state index is 2.42. The van der Waals surface area contributed by atoms with Gasteiger partial charge in [-0.15, -0.1) is 11.3 Å². The molecule has 0 saturated heterocycles. The van der Waals surface area contributed by atoms with Crippen molar-refractivity contribution in [2.75, 3.05) is 4.90 Å². The number of rotatable bonds is 8. The van der Waals surface area contributed by atoms with E-state index in [0.29, 0.717) is 0 Å². The fourth-order valence-corrected chi connectivity index (χ4v) is 11.8. The molecule has 0 unspecified atom stereocenters. The summed E-state index contributed by atoms with van der Waals surface area (Å²) >= 11 is 1.91. The van der Waals surface area contributed by atoms with Crippen LogP contribution in [0.25, 0.3) is 108 Å². The van der Waals surface area contributed by atoms with E-state index in [1.807, 2.05) is 11.3 Å². The first-order valence-corrected chi connectivity index (χ1v) is 24.1. The first-order chi connectivity index (χ1) is 33.7. The van der Waals surface area contributed by atoms with Crippen molar-refractivity contribution >= 4 is 81.6 Å². The minimum absolute atomic E-state index is 1.09. The molecular formula is C66H43NS. The smallest absolute Gasteiger partial charge is 0.0467 e. The van der Waals surface area contributed by atoms with Crippen LogP contribution in [0.3, 0.4) is 0 Å². The van der Waals surface area contributed by atoms with Gasteiger partial charge in [0.1, 0.15) is 0 Å². The molecule has 13 aromatic rings. The number of benzene rings is 12. The number of anilines is 3. The summed E-state index contributed by atoms with van der Waals surface area (Å²) in [7, 11) is 0. The summed E-state index contributed by atoms with van der Waals surface area (Å²) in [4.78, 5) is 3.70. The van der Waals surface area contributed by atoms with Gasteiger partial charge in [-0.1, -0.05) is 218 Å². The predicted octanol–water partition coefficient (Wildman–Crippen LogP) is 19.3. The van der Waals surface area contributed by atoms with Crippen LogP contribution >= 0.6 is 11.3 Å². The molecule has 13 rings (SSSR count). The van der Waals surface area contributed by atoms with Crippen molar-refractivity contribution in [2.24, 2.45) is 0 Å². The second-order valence-electron chi connectivity index (χ2n) is 17.6. The van der Waals surface area contributed by atoms with E-state index in [1.54, 1.807) is 0 Å². The Kier molecular flexibility index (Phi) is 9.77. The lowest BCUT2D eigenvalue weighted by Crippen LogP contribution is -2.10. The number of hydrogen-bond donors (Lipinski definition) is 0. The quantitative estimate of drug-likeness (QED) is 0.137. The van der Waals surface area contributed by atoms with E-state index in [-0.39, 0.29) is 0 Å². The molecule has 0 fully saturated rings. The van der Waals surface area contributed by atoms with E-state index in [4.69, 9.17) is 0 Å². The standard InChI is InChI=1S/C66H43NS/c1-3-18-48(19-4-1)63-64-60-29-12-11-28-59(60)62-43-51(36-41-61(62)66(64)68-65(63)49-20-5-2-6-21-49)50-24-13-25-54(42-50)67(52-37-32-46(33-38-52)57-30-14-22-44-16-7-9-26-55(44)57)53-39-34-47(35-40-53)58-31-15-23-45-17-8-10-27-56(45)58/h1-43H. The molecule has 0 aliphatic carbocycles. The zero-order valence-corrected chi connectivity index (χ0v) is 38.0. The molecule has 0 aliphatic rings. The molecule has 0 N–H and O–H groups in total. The summed E-state index contributed by atoms with van der Waals surface area (Å²) in [5.41, 5.74) is 14.3. The second kappa shape index (κ2) is 16.7. The Morgan fingerprint density at radius 2 is 0.735 bits per heavy atom. The van der Waals surface area contributed by atoms with E-state index < -0.39 is 0 Å². The SMILES string of the molecule is c1ccc(-c2sc3c4ccc(-c5cccc(N(c6ccc(-c7cccc8ccccc78)cc6)c6ccc(-c7cccc8ccccc78)cc6)c5)cc4c4ccccc4c3c2-c2ccccc2)cc1. The van der Waals surface area contributed by atoms with Crippen LogP contribution in [0.5, 0.6) is 0 Å². The van der Waals surface area contributed by atoms with Gasteiger partial charge in [0.05, 0.1) is 0 Å². The third-order valence-corrected chi connectivity index (χ3v) is 14.9. The molecule has 0 spiro atoms. The van der Waals surface area contributed by atoms with Crippen molar-refractivity contribution in [1.29, 1.82) is 0 Å². The van der Waals surface area contributed by atoms with Gasteiger partial charge in [0.2, 0.25) is 0 Å². The Hall–Kier alpha value is -8.56. The molecule has 2 heteroatoms. The van der Waals surface area contributed by atoms with Crippen molar-refractivity contribution in [1.82, 2.24) is 0 Å². The first-order valence-electron chi connectivity index (χ1n) is 23.3. The van der Waals surface area contributed by atoms with Crippen molar-refractivity contribution in [3.63, 3.8) is 0 Å². The molecule has 12 aromatic carbocycles. The second-order valence-corrected chi connectivity index (χ2v) is 18.6. The highest BCUT2D eigenvalue weighted by Crippen LogP contribution is 2.51. The van der Waals surface area contributed by atoms with Crippen LogP contribution in [0.1, 0.15) is 0 Å². The zero-order valence-electron chi connectivity index (χ0n) is 37.2. The first kappa shape index (κ1) is 39.8. The fraction of sp³-hybridized carbons (Fsp3) is 0. The van der Waals surface area contributed by atoms with Crippen molar-refractivity contribution in [3.8, 4) is 54.9 Å². The summed E-state index contributed by atoms with van der Waals surface area (Å²) in [6.07, 6.45) is 0. The molecule has 318 valence electrons. The highest BCUT2D eigenvalue weighted by molar-refractivity contribution is 7.24. The van der Waals surface area contributed by atoms with Crippen molar-refractivity contribution in [3.05, 3.63) is 261 Å². The molecule has 0 atom stereocenters. The minimum Gasteiger partial charge on any atom is -0.310 e. The Morgan fingerprint density at radius 3 is 1.35 bits per heavy atom. The maximum absolute atomic E-state index is 2.42. The van der Waals surface area contributed by atoms with Gasteiger partial charge in [0, 0.05) is 43.0 Å². The third-order valence-electron chi connectivity index (χ3n) is 13.6. The molecule has 1 nitrogen and oxygen atoms in total. The lowest BCUT2D eigenvalue weighted by Gasteiger charge is -2.26. The highest BCUT2D eigenvalue weighted by Gasteiger charge is 2.22. The molecular weight excluding hydrogens is 839 g/mol. The van der Waals surface area contributed by atoms with Gasteiger partial charge in [0.15, 0.2) is 0 Å². The fourth-order valence-electron chi connectivity index (χ4n) is 10.4. The summed E-state index contributed by atoms with van der Waals surface area (Å²) in [5, 5.41) is 11.4. The Morgan fingerprint density at radius 1 is 0.265 bits per heavy atom. The molecule has 0 bridgehead atoms. The molecule has 0 radical (unpaired) electrons. The Bertz CT molecular complexity index is 3870. The van der Waals surface area contributed by atoms with E-state index in [1.165, 1.54) is 108 Å². The summed E-state index contributed by atoms with van der Waals surface area (Å²) in [6, 6.07) is 95.5. The number of thiophene rings is 1. The Balaban J connectivity index is 0.952. The molecule has 0 saturated carbocycles. The molecule has 1 aromatic heterocycles. The van der Waals surface area contributed by atoms with Crippen LogP contribution in [0.15, 0.2) is 261 Å². The largest absolute Gasteiger partial charge is 0.310 e. The molecule has 0 amide bonds. The van der Waals surface area contributed by atoms with Gasteiger partial charge >= 0.3 is 0 Å². The van der Waals surface area contributed by atoms with Gasteiger partial charge < -0.3 is 4.90 Å². The van der Waals surface area contributed by atoms with Crippen LogP contribution < -0.4 is 4.90 Å². The van der Waals surface area contributed by atoms with Gasteiger partial charge in [-0.2, -0.15) is 0 Å². The summed E-state index contributed by atoms with van der Waals surface area (Å²) in [6.45, 7) is 0. The van der Waals surface area contributed by atoms with Gasteiger partial charge in [0.25, 0.3) is 0 Å². The third kappa shape index (κ3) is 6.85. The van der Waals surface area contributed by atoms with Crippen molar-refractivity contribution in [2.45, 2.75) is 0 Å². The topological polar surface area (TPSA) is 3.24 Å². The summed E-state index contributed by atoms with van der Waals surface area (Å²) in [5.74, 6) is 0. The number of fused-ring (bicyclic) bond motifs is 8. The summed E-state index contributed by atoms with van der Waals surface area (Å²) < 4.78 is 1.32. The van der Waals surface area contributed by atoms with Crippen LogP contribution in [0.4, 0.5) is 17.1 Å². The molecule has 1 heterocycles. The van der Waals surface area contributed by atoms with E-state index in [2.05, 4.69) is 266 Å². The molecule has 0 aliphatic heterocycles. The monoisotopic (exact) mass is 881 g/mol. The zero-order chi connectivity index (χ0) is 45.0. The predicted molar refractivity (Wildman–Crippen MR) is 294 cm³/mol.